The summed E-state index contributed by atoms with van der Waals surface area (Å²) in [4.78, 5) is 38.1. The number of benzene rings is 2. The minimum absolute atomic E-state index is 0.0388. The second kappa shape index (κ2) is 9.53. The van der Waals surface area contributed by atoms with E-state index < -0.39 is 17.5 Å². The molecule has 2 N–H and O–H groups in total. The van der Waals surface area contributed by atoms with Crippen molar-refractivity contribution in [2.24, 2.45) is 0 Å². The lowest BCUT2D eigenvalue weighted by Crippen LogP contribution is -2.51. The van der Waals surface area contributed by atoms with Crippen LogP contribution in [0.25, 0.3) is 17.1 Å². The van der Waals surface area contributed by atoms with E-state index in [9.17, 15) is 14.4 Å². The molecular formula is C25H26N6O3S. The van der Waals surface area contributed by atoms with E-state index in [1.165, 1.54) is 11.8 Å². The second-order valence-corrected chi connectivity index (χ2v) is 9.82. The normalized spacial score (nSPS) is 17.0. The summed E-state index contributed by atoms with van der Waals surface area (Å²) in [5.74, 6) is -0.227. The van der Waals surface area contributed by atoms with Crippen LogP contribution in [-0.4, -0.2) is 48.9 Å². The number of aromatic nitrogens is 3. The van der Waals surface area contributed by atoms with Gasteiger partial charge in [0.1, 0.15) is 5.54 Å². The van der Waals surface area contributed by atoms with Gasteiger partial charge in [-0.3, -0.25) is 19.6 Å². The first kappa shape index (κ1) is 23.1. The predicted molar refractivity (Wildman–Crippen MR) is 132 cm³/mol. The molecule has 0 atom stereocenters. The minimum Gasteiger partial charge on any atom is -0.322 e. The van der Waals surface area contributed by atoms with E-state index in [4.69, 9.17) is 0 Å². The van der Waals surface area contributed by atoms with Crippen LogP contribution >= 0.6 is 11.8 Å². The van der Waals surface area contributed by atoms with Gasteiger partial charge in [-0.1, -0.05) is 79.1 Å². The van der Waals surface area contributed by atoms with Gasteiger partial charge in [-0.25, -0.2) is 4.79 Å². The molecule has 35 heavy (non-hydrogen) atoms. The van der Waals surface area contributed by atoms with Crippen LogP contribution in [0.5, 0.6) is 0 Å². The van der Waals surface area contributed by atoms with Gasteiger partial charge in [-0.05, 0) is 31.9 Å². The molecule has 2 heterocycles. The summed E-state index contributed by atoms with van der Waals surface area (Å²) in [6.45, 7) is 2.02. The third-order valence-electron chi connectivity index (χ3n) is 6.40. The number of nitrogens with one attached hydrogen (secondary N) is 2. The van der Waals surface area contributed by atoms with Gasteiger partial charge < -0.3 is 5.32 Å². The zero-order valence-electron chi connectivity index (χ0n) is 19.4. The van der Waals surface area contributed by atoms with Gasteiger partial charge in [0, 0.05) is 11.3 Å². The number of rotatable bonds is 6. The molecule has 1 saturated carbocycles. The zero-order chi connectivity index (χ0) is 24.4. The Morgan fingerprint density at radius 3 is 2.46 bits per heavy atom. The Kier molecular flexibility index (Phi) is 6.29. The average Bonchev–Trinajstić information content (AvgIpc) is 3.39. The van der Waals surface area contributed by atoms with Crippen molar-refractivity contribution in [3.63, 3.8) is 0 Å². The van der Waals surface area contributed by atoms with E-state index in [1.807, 2.05) is 66.1 Å². The van der Waals surface area contributed by atoms with Crippen molar-refractivity contribution in [1.82, 2.24) is 30.5 Å². The van der Waals surface area contributed by atoms with Crippen LogP contribution in [0.15, 0.2) is 59.8 Å². The van der Waals surface area contributed by atoms with E-state index in [0.717, 1.165) is 41.1 Å². The van der Waals surface area contributed by atoms with E-state index >= 15 is 0 Å². The van der Waals surface area contributed by atoms with Crippen LogP contribution in [0.2, 0.25) is 0 Å². The Bertz CT molecular complexity index is 1250. The Morgan fingerprint density at radius 1 is 1.03 bits per heavy atom. The first-order chi connectivity index (χ1) is 17.0. The Labute approximate surface area is 207 Å². The SMILES string of the molecule is Cc1ccc(-n2c(SCC(=O)NN3C(=O)NC4(CCCCC4)C3=O)nnc2-c2ccccc2)cc1. The summed E-state index contributed by atoms with van der Waals surface area (Å²) in [5.41, 5.74) is 4.49. The number of imide groups is 1. The van der Waals surface area contributed by atoms with Crippen molar-refractivity contribution in [2.75, 3.05) is 5.75 Å². The molecule has 2 aromatic carbocycles. The summed E-state index contributed by atoms with van der Waals surface area (Å²) in [6.07, 6.45) is 3.99. The molecule has 0 bridgehead atoms. The van der Waals surface area contributed by atoms with Gasteiger partial charge in [0.15, 0.2) is 11.0 Å². The standard InChI is InChI=1S/C25H26N6O3S/c1-17-10-12-19(13-11-17)30-21(18-8-4-2-5-9-18)27-28-24(30)35-16-20(32)29-31-22(33)25(26-23(31)34)14-6-3-7-15-25/h2,4-5,8-13H,3,6-7,14-16H2,1H3,(H,26,34)(H,29,32). The zero-order valence-corrected chi connectivity index (χ0v) is 20.2. The van der Waals surface area contributed by atoms with Crippen LogP contribution in [-0.2, 0) is 9.59 Å². The summed E-state index contributed by atoms with van der Waals surface area (Å²) in [6, 6.07) is 17.1. The first-order valence-corrected chi connectivity index (χ1v) is 12.6. The molecule has 4 amide bonds. The van der Waals surface area contributed by atoms with Crippen LogP contribution < -0.4 is 10.7 Å². The van der Waals surface area contributed by atoms with Gasteiger partial charge in [-0.2, -0.15) is 5.01 Å². The highest BCUT2D eigenvalue weighted by Crippen LogP contribution is 2.33. The largest absolute Gasteiger partial charge is 0.344 e. The van der Waals surface area contributed by atoms with Gasteiger partial charge in [-0.15, -0.1) is 10.2 Å². The lowest BCUT2D eigenvalue weighted by Gasteiger charge is -2.30. The molecular weight excluding hydrogens is 464 g/mol. The quantitative estimate of drug-likeness (QED) is 0.404. The van der Waals surface area contributed by atoms with Crippen LogP contribution in [0, 0.1) is 6.92 Å². The number of hydrogen-bond acceptors (Lipinski definition) is 6. The topological polar surface area (TPSA) is 109 Å². The number of nitrogens with zero attached hydrogens (tertiary/aromatic N) is 4. The molecule has 180 valence electrons. The molecule has 1 aromatic heterocycles. The summed E-state index contributed by atoms with van der Waals surface area (Å²) < 4.78 is 1.90. The third-order valence-corrected chi connectivity index (χ3v) is 7.32. The molecule has 0 radical (unpaired) electrons. The molecule has 5 rings (SSSR count). The summed E-state index contributed by atoms with van der Waals surface area (Å²) in [5, 5.41) is 12.9. The lowest BCUT2D eigenvalue weighted by atomic mass is 9.82. The van der Waals surface area contributed by atoms with E-state index in [2.05, 4.69) is 20.9 Å². The fourth-order valence-corrected chi connectivity index (χ4v) is 5.31. The van der Waals surface area contributed by atoms with Crippen molar-refractivity contribution in [2.45, 2.75) is 49.7 Å². The van der Waals surface area contributed by atoms with Gasteiger partial charge in [0.2, 0.25) is 5.91 Å². The van der Waals surface area contributed by atoms with E-state index in [0.29, 0.717) is 23.8 Å². The number of carbonyl (C=O) groups is 3. The van der Waals surface area contributed by atoms with Gasteiger partial charge >= 0.3 is 6.03 Å². The van der Waals surface area contributed by atoms with E-state index in [1.54, 1.807) is 0 Å². The van der Waals surface area contributed by atoms with Crippen molar-refractivity contribution >= 4 is 29.6 Å². The number of hydrogen-bond donors (Lipinski definition) is 2. The highest BCUT2D eigenvalue weighted by molar-refractivity contribution is 7.99. The minimum atomic E-state index is -0.883. The Hall–Kier alpha value is -3.66. The van der Waals surface area contributed by atoms with Crippen molar-refractivity contribution in [3.05, 3.63) is 60.2 Å². The molecule has 0 unspecified atom stereocenters. The van der Waals surface area contributed by atoms with Crippen LogP contribution in [0.1, 0.15) is 37.7 Å². The number of thioether (sulfide) groups is 1. The maximum Gasteiger partial charge on any atom is 0.344 e. The summed E-state index contributed by atoms with van der Waals surface area (Å²) in [7, 11) is 0. The number of amides is 4. The molecule has 1 aliphatic heterocycles. The number of aryl methyl sites for hydroxylation is 1. The molecule has 1 spiro atoms. The first-order valence-electron chi connectivity index (χ1n) is 11.6. The fraction of sp³-hybridized carbons (Fsp3) is 0.320. The van der Waals surface area contributed by atoms with Crippen LogP contribution in [0.4, 0.5) is 4.79 Å². The molecule has 9 nitrogen and oxygen atoms in total. The van der Waals surface area contributed by atoms with Crippen molar-refractivity contribution < 1.29 is 14.4 Å². The molecule has 1 saturated heterocycles. The number of carbonyl (C=O) groups excluding carboxylic acids is 3. The number of hydrazine groups is 1. The smallest absolute Gasteiger partial charge is 0.322 e. The van der Waals surface area contributed by atoms with E-state index in [-0.39, 0.29) is 11.7 Å². The molecule has 2 fully saturated rings. The number of urea groups is 1. The predicted octanol–water partition coefficient (Wildman–Crippen LogP) is 3.62. The lowest BCUT2D eigenvalue weighted by molar-refractivity contribution is -0.139. The second-order valence-electron chi connectivity index (χ2n) is 8.88. The maximum absolute atomic E-state index is 12.9. The summed E-state index contributed by atoms with van der Waals surface area (Å²) >= 11 is 1.19. The van der Waals surface area contributed by atoms with Crippen molar-refractivity contribution in [3.8, 4) is 17.1 Å². The van der Waals surface area contributed by atoms with Crippen molar-refractivity contribution in [1.29, 1.82) is 0 Å². The third kappa shape index (κ3) is 4.53. The highest BCUT2D eigenvalue weighted by Gasteiger charge is 2.52. The van der Waals surface area contributed by atoms with Gasteiger partial charge in [0.25, 0.3) is 5.91 Å². The van der Waals surface area contributed by atoms with Gasteiger partial charge in [0.05, 0.1) is 5.75 Å². The van der Waals surface area contributed by atoms with Crippen LogP contribution in [0.3, 0.4) is 0 Å². The maximum atomic E-state index is 12.9. The molecule has 3 aromatic rings. The Balaban J connectivity index is 1.33. The monoisotopic (exact) mass is 490 g/mol. The highest BCUT2D eigenvalue weighted by atomic mass is 32.2. The molecule has 2 aliphatic rings. The fourth-order valence-electron chi connectivity index (χ4n) is 4.57. The molecule has 10 heteroatoms. The Morgan fingerprint density at radius 2 is 1.74 bits per heavy atom. The average molecular weight is 491 g/mol. The molecule has 1 aliphatic carbocycles.